The third kappa shape index (κ3) is 3.76. The van der Waals surface area contributed by atoms with Crippen LogP contribution in [-0.2, 0) is 17.9 Å². The lowest BCUT2D eigenvalue weighted by atomic mass is 9.95. The molecule has 0 radical (unpaired) electrons. The smallest absolute Gasteiger partial charge is 0.263 e. The number of hydrogen-bond acceptors (Lipinski definition) is 5. The van der Waals surface area contributed by atoms with E-state index in [1.807, 2.05) is 43.0 Å². The van der Waals surface area contributed by atoms with E-state index in [0.717, 1.165) is 68.5 Å². The SMILES string of the molecule is CCC(Oc1ccccc1C)C(=O)N1CCC(c2nnc3n2CCNC3)CC1. The summed E-state index contributed by atoms with van der Waals surface area (Å²) in [4.78, 5) is 15.0. The Morgan fingerprint density at radius 2 is 2.04 bits per heavy atom. The number of carbonyl (C=O) groups is 1. The third-order valence-corrected chi connectivity index (χ3v) is 5.83. The number of para-hydroxylation sites is 1. The van der Waals surface area contributed by atoms with Gasteiger partial charge in [-0.2, -0.15) is 0 Å². The number of piperidine rings is 1. The molecule has 0 bridgehead atoms. The maximum atomic E-state index is 13.0. The van der Waals surface area contributed by atoms with Crippen LogP contribution in [0.15, 0.2) is 24.3 Å². The Kier molecular flexibility index (Phi) is 5.62. The fourth-order valence-corrected chi connectivity index (χ4v) is 4.13. The number of fused-ring (bicyclic) bond motifs is 1. The van der Waals surface area contributed by atoms with E-state index in [9.17, 15) is 4.79 Å². The number of aromatic nitrogens is 3. The molecule has 3 heterocycles. The van der Waals surface area contributed by atoms with Gasteiger partial charge in [-0.1, -0.05) is 25.1 Å². The summed E-state index contributed by atoms with van der Waals surface area (Å²) in [7, 11) is 0. The Labute approximate surface area is 166 Å². The summed E-state index contributed by atoms with van der Waals surface area (Å²) in [5.41, 5.74) is 1.05. The lowest BCUT2D eigenvalue weighted by molar-refractivity contribution is -0.140. The highest BCUT2D eigenvalue weighted by molar-refractivity contribution is 5.81. The Morgan fingerprint density at radius 1 is 1.25 bits per heavy atom. The van der Waals surface area contributed by atoms with Crippen LogP contribution < -0.4 is 10.1 Å². The highest BCUT2D eigenvalue weighted by atomic mass is 16.5. The van der Waals surface area contributed by atoms with E-state index in [2.05, 4.69) is 20.1 Å². The molecule has 1 atom stereocenters. The van der Waals surface area contributed by atoms with Crippen molar-refractivity contribution < 1.29 is 9.53 Å². The first kappa shape index (κ1) is 18.9. The van der Waals surface area contributed by atoms with E-state index in [-0.39, 0.29) is 5.91 Å². The molecule has 0 aliphatic carbocycles. The minimum Gasteiger partial charge on any atom is -0.480 e. The summed E-state index contributed by atoms with van der Waals surface area (Å²) in [6.45, 7) is 8.19. The molecular weight excluding hydrogens is 354 g/mol. The average Bonchev–Trinajstić information content (AvgIpc) is 3.17. The zero-order valence-corrected chi connectivity index (χ0v) is 16.7. The molecule has 28 heavy (non-hydrogen) atoms. The maximum absolute atomic E-state index is 13.0. The van der Waals surface area contributed by atoms with E-state index >= 15 is 0 Å². The van der Waals surface area contributed by atoms with Crippen molar-refractivity contribution in [3.05, 3.63) is 41.5 Å². The van der Waals surface area contributed by atoms with Crippen LogP contribution in [0.5, 0.6) is 5.75 Å². The van der Waals surface area contributed by atoms with E-state index in [0.29, 0.717) is 12.3 Å². The van der Waals surface area contributed by atoms with Crippen LogP contribution in [0.1, 0.15) is 49.3 Å². The summed E-state index contributed by atoms with van der Waals surface area (Å²) in [6, 6.07) is 7.86. The van der Waals surface area contributed by atoms with Gasteiger partial charge in [0, 0.05) is 32.1 Å². The lowest BCUT2D eigenvalue weighted by Crippen LogP contribution is -2.45. The Balaban J connectivity index is 1.38. The summed E-state index contributed by atoms with van der Waals surface area (Å²) < 4.78 is 8.32. The molecule has 1 N–H and O–H groups in total. The van der Waals surface area contributed by atoms with E-state index in [4.69, 9.17) is 4.74 Å². The molecule has 1 aromatic carbocycles. The van der Waals surface area contributed by atoms with Crippen LogP contribution in [0, 0.1) is 6.92 Å². The van der Waals surface area contributed by atoms with Crippen LogP contribution >= 0.6 is 0 Å². The third-order valence-electron chi connectivity index (χ3n) is 5.83. The number of rotatable bonds is 5. The molecule has 7 nitrogen and oxygen atoms in total. The number of nitrogens with one attached hydrogen (secondary N) is 1. The topological polar surface area (TPSA) is 72.3 Å². The molecule has 4 rings (SSSR count). The molecule has 2 aromatic rings. The molecule has 150 valence electrons. The monoisotopic (exact) mass is 383 g/mol. The summed E-state index contributed by atoms with van der Waals surface area (Å²) >= 11 is 0. The van der Waals surface area contributed by atoms with Gasteiger partial charge in [-0.3, -0.25) is 4.79 Å². The Hall–Kier alpha value is -2.41. The predicted octanol–water partition coefficient (Wildman–Crippen LogP) is 2.25. The van der Waals surface area contributed by atoms with Crippen molar-refractivity contribution in [1.82, 2.24) is 25.0 Å². The second kappa shape index (κ2) is 8.31. The minimum atomic E-state index is -0.426. The van der Waals surface area contributed by atoms with Gasteiger partial charge in [-0.15, -0.1) is 10.2 Å². The number of nitrogens with zero attached hydrogens (tertiary/aromatic N) is 4. The Bertz CT molecular complexity index is 826. The summed E-state index contributed by atoms with van der Waals surface area (Å²) in [5.74, 6) is 3.38. The van der Waals surface area contributed by atoms with Gasteiger partial charge in [0.25, 0.3) is 5.91 Å². The van der Waals surface area contributed by atoms with Crippen molar-refractivity contribution >= 4 is 5.91 Å². The molecule has 1 unspecified atom stereocenters. The molecule has 1 fully saturated rings. The molecule has 2 aliphatic heterocycles. The van der Waals surface area contributed by atoms with Gasteiger partial charge in [-0.25, -0.2) is 0 Å². The number of ether oxygens (including phenoxy) is 1. The van der Waals surface area contributed by atoms with Crippen LogP contribution in [0.4, 0.5) is 0 Å². The van der Waals surface area contributed by atoms with Gasteiger partial charge >= 0.3 is 0 Å². The Morgan fingerprint density at radius 3 is 2.79 bits per heavy atom. The van der Waals surface area contributed by atoms with Crippen LogP contribution in [0.3, 0.4) is 0 Å². The van der Waals surface area contributed by atoms with Crippen molar-refractivity contribution in [2.45, 2.75) is 58.2 Å². The number of hydrogen-bond donors (Lipinski definition) is 1. The molecule has 1 saturated heterocycles. The standard InChI is InChI=1S/C21H29N5O2/c1-3-17(28-18-7-5-4-6-15(18)2)21(27)25-11-8-16(9-12-25)20-24-23-19-14-22-10-13-26(19)20/h4-7,16-17,22H,3,8-14H2,1-2H3. The molecule has 0 saturated carbocycles. The molecule has 0 spiro atoms. The number of likely N-dealkylation sites (tertiary alicyclic amines) is 1. The van der Waals surface area contributed by atoms with Crippen molar-refractivity contribution in [1.29, 1.82) is 0 Å². The molecular formula is C21H29N5O2. The van der Waals surface area contributed by atoms with Crippen molar-refractivity contribution in [3.63, 3.8) is 0 Å². The highest BCUT2D eigenvalue weighted by Crippen LogP contribution is 2.29. The first-order chi connectivity index (χ1) is 13.7. The van der Waals surface area contributed by atoms with E-state index < -0.39 is 6.10 Å². The van der Waals surface area contributed by atoms with Gasteiger partial charge in [0.2, 0.25) is 0 Å². The lowest BCUT2D eigenvalue weighted by Gasteiger charge is -2.34. The molecule has 1 aromatic heterocycles. The maximum Gasteiger partial charge on any atom is 0.263 e. The van der Waals surface area contributed by atoms with Gasteiger partial charge in [0.15, 0.2) is 6.10 Å². The van der Waals surface area contributed by atoms with Gasteiger partial charge < -0.3 is 19.5 Å². The number of benzene rings is 1. The highest BCUT2D eigenvalue weighted by Gasteiger charge is 2.32. The fourth-order valence-electron chi connectivity index (χ4n) is 4.13. The van der Waals surface area contributed by atoms with Crippen molar-refractivity contribution in [2.75, 3.05) is 19.6 Å². The zero-order chi connectivity index (χ0) is 19.5. The fraction of sp³-hybridized carbons (Fsp3) is 0.571. The minimum absolute atomic E-state index is 0.0941. The summed E-state index contributed by atoms with van der Waals surface area (Å²) in [5, 5.41) is 12.1. The first-order valence-electron chi connectivity index (χ1n) is 10.3. The first-order valence-corrected chi connectivity index (χ1v) is 10.3. The second-order valence-corrected chi connectivity index (χ2v) is 7.68. The van der Waals surface area contributed by atoms with Crippen molar-refractivity contribution in [2.24, 2.45) is 0 Å². The van der Waals surface area contributed by atoms with Crippen LogP contribution in [0.25, 0.3) is 0 Å². The summed E-state index contributed by atoms with van der Waals surface area (Å²) in [6.07, 6.45) is 2.10. The second-order valence-electron chi connectivity index (χ2n) is 7.68. The quantitative estimate of drug-likeness (QED) is 0.857. The zero-order valence-electron chi connectivity index (χ0n) is 16.7. The van der Waals surface area contributed by atoms with Gasteiger partial charge in [0.1, 0.15) is 17.4 Å². The normalized spacial score (nSPS) is 18.6. The largest absolute Gasteiger partial charge is 0.480 e. The number of amides is 1. The van der Waals surface area contributed by atoms with E-state index in [1.54, 1.807) is 0 Å². The van der Waals surface area contributed by atoms with Crippen LogP contribution in [-0.4, -0.2) is 51.3 Å². The predicted molar refractivity (Wildman–Crippen MR) is 106 cm³/mol. The van der Waals surface area contributed by atoms with Gasteiger partial charge in [0.05, 0.1) is 6.54 Å². The number of carbonyl (C=O) groups excluding carboxylic acids is 1. The average molecular weight is 383 g/mol. The molecule has 2 aliphatic rings. The van der Waals surface area contributed by atoms with Crippen molar-refractivity contribution in [3.8, 4) is 5.75 Å². The molecule has 7 heteroatoms. The number of aryl methyl sites for hydroxylation is 1. The van der Waals surface area contributed by atoms with E-state index in [1.165, 1.54) is 0 Å². The molecule has 1 amide bonds. The van der Waals surface area contributed by atoms with Gasteiger partial charge in [-0.05, 0) is 37.8 Å². The van der Waals surface area contributed by atoms with Crippen LogP contribution in [0.2, 0.25) is 0 Å².